The van der Waals surface area contributed by atoms with Crippen LogP contribution in [0.3, 0.4) is 0 Å². The maximum atomic E-state index is 2.40. The molecule has 2 radical (unpaired) electrons. The summed E-state index contributed by atoms with van der Waals surface area (Å²) in [6, 6.07) is 29.5. The second kappa shape index (κ2) is 20.3. The van der Waals surface area contributed by atoms with E-state index in [4.69, 9.17) is 0 Å². The zero-order valence-corrected chi connectivity index (χ0v) is 35.3. The van der Waals surface area contributed by atoms with Crippen LogP contribution in [0, 0.1) is 14.9 Å². The molecule has 0 saturated carbocycles. The molecule has 0 aliphatic heterocycles. The van der Waals surface area contributed by atoms with Gasteiger partial charge in [0.05, 0.1) is 9.52 Å². The Kier molecular flexibility index (Phi) is 19.3. The van der Waals surface area contributed by atoms with Gasteiger partial charge in [-0.25, -0.2) is 0 Å². The monoisotopic (exact) mass is 784 g/mol. The molecule has 0 spiro atoms. The average molecular weight is 784 g/mol. The van der Waals surface area contributed by atoms with Crippen molar-refractivity contribution >= 4 is 36.3 Å². The van der Waals surface area contributed by atoms with Crippen molar-refractivity contribution in [1.29, 1.82) is 0 Å². The van der Waals surface area contributed by atoms with Crippen molar-refractivity contribution < 1.29 is 25.8 Å². The molecule has 0 fully saturated rings. The number of benzene rings is 3. The summed E-state index contributed by atoms with van der Waals surface area (Å²) in [6.45, 7) is 24.9. The average Bonchev–Trinajstić information content (AvgIpc) is 3.60. The van der Waals surface area contributed by atoms with Crippen LogP contribution in [0.2, 0.25) is 6.55 Å². The summed E-state index contributed by atoms with van der Waals surface area (Å²) < 4.78 is 0. The molecular formula is C43H60HfSi. The molecule has 0 unspecified atom stereocenters. The molecule has 0 aliphatic carbocycles. The van der Waals surface area contributed by atoms with E-state index in [1.807, 2.05) is 6.07 Å². The van der Waals surface area contributed by atoms with Crippen LogP contribution < -0.4 is 5.19 Å². The largest absolute Gasteiger partial charge is 4.00 e. The Bertz CT molecular complexity index is 1430. The Hall–Kier alpha value is -2.03. The Morgan fingerprint density at radius 3 is 1.20 bits per heavy atom. The summed E-state index contributed by atoms with van der Waals surface area (Å²) >= 11 is 0. The van der Waals surface area contributed by atoms with Gasteiger partial charge in [-0.3, -0.25) is 0 Å². The fourth-order valence-corrected chi connectivity index (χ4v) is 6.03. The molecule has 0 saturated heterocycles. The molecule has 0 aromatic heterocycles. The fourth-order valence-electron chi connectivity index (χ4n) is 5.51. The predicted octanol–water partition coefficient (Wildman–Crippen LogP) is 12.7. The zero-order valence-electron chi connectivity index (χ0n) is 30.7. The minimum atomic E-state index is 0. The molecular weight excluding hydrogens is 723 g/mol. The van der Waals surface area contributed by atoms with Crippen molar-refractivity contribution in [3.05, 3.63) is 127 Å². The van der Waals surface area contributed by atoms with Gasteiger partial charge in [-0.05, 0) is 36.5 Å². The molecule has 240 valence electrons. The van der Waals surface area contributed by atoms with E-state index in [1.54, 1.807) is 0 Å². The minimum absolute atomic E-state index is 0. The van der Waals surface area contributed by atoms with Gasteiger partial charge in [0.1, 0.15) is 0 Å². The topological polar surface area (TPSA) is 0 Å². The van der Waals surface area contributed by atoms with Crippen LogP contribution in [0.4, 0.5) is 0 Å². The van der Waals surface area contributed by atoms with Gasteiger partial charge in [-0.2, -0.15) is 12.1 Å². The SMILES string of the molecule is CCc1cc2c(C(C)C)cc(C(C)C)cc2[cH-]1.CCc1cc2c(C(C)C)cc(C(C)C)cc2[cH-]1.C[Si]c1ccccc1.[CH3-].[CH3-].[Hf+4]. The molecule has 45 heavy (non-hydrogen) atoms. The van der Waals surface area contributed by atoms with Gasteiger partial charge in [0.2, 0.25) is 0 Å². The number of aryl methyl sites for hydroxylation is 2. The smallest absolute Gasteiger partial charge is 0.358 e. The van der Waals surface area contributed by atoms with E-state index in [0.717, 1.165) is 22.4 Å². The van der Waals surface area contributed by atoms with Crippen molar-refractivity contribution in [2.75, 3.05) is 0 Å². The molecule has 0 bridgehead atoms. The second-order valence-electron chi connectivity index (χ2n) is 12.9. The van der Waals surface area contributed by atoms with Crippen LogP contribution in [0.25, 0.3) is 21.5 Å². The molecule has 0 amide bonds. The first kappa shape index (κ1) is 43.0. The normalized spacial score (nSPS) is 10.6. The van der Waals surface area contributed by atoms with E-state index < -0.39 is 0 Å². The van der Waals surface area contributed by atoms with Gasteiger partial charge in [-0.15, -0.1) is 56.9 Å². The minimum Gasteiger partial charge on any atom is -0.358 e. The fraction of sp³-hybridized carbons (Fsp3) is 0.395. The summed E-state index contributed by atoms with van der Waals surface area (Å²) in [5.74, 6) is 2.42. The van der Waals surface area contributed by atoms with Crippen LogP contribution in [0.1, 0.15) is 126 Å². The summed E-state index contributed by atoms with van der Waals surface area (Å²) in [5.41, 5.74) is 8.87. The number of fused-ring (bicyclic) bond motifs is 2. The molecule has 5 rings (SSSR count). The molecule has 0 aliphatic rings. The second-order valence-corrected chi connectivity index (χ2v) is 14.0. The molecule has 2 heteroatoms. The van der Waals surface area contributed by atoms with Gasteiger partial charge in [0.25, 0.3) is 0 Å². The van der Waals surface area contributed by atoms with Crippen molar-refractivity contribution in [1.82, 2.24) is 0 Å². The maximum absolute atomic E-state index is 2.40. The van der Waals surface area contributed by atoms with E-state index >= 15 is 0 Å². The van der Waals surface area contributed by atoms with Gasteiger partial charge in [0.15, 0.2) is 0 Å². The Morgan fingerprint density at radius 1 is 0.556 bits per heavy atom. The Morgan fingerprint density at radius 2 is 0.933 bits per heavy atom. The number of rotatable bonds is 7. The first-order valence-electron chi connectivity index (χ1n) is 16.2. The summed E-state index contributed by atoms with van der Waals surface area (Å²) in [7, 11) is 0.930. The van der Waals surface area contributed by atoms with Crippen molar-refractivity contribution in [3.8, 4) is 0 Å². The summed E-state index contributed by atoms with van der Waals surface area (Å²) in [5, 5.41) is 7.21. The van der Waals surface area contributed by atoms with Gasteiger partial charge in [-0.1, -0.05) is 146 Å². The van der Waals surface area contributed by atoms with E-state index in [1.165, 1.54) is 60.1 Å². The first-order valence-corrected chi connectivity index (χ1v) is 17.7. The van der Waals surface area contributed by atoms with Gasteiger partial charge >= 0.3 is 25.8 Å². The number of hydrogen-bond donors (Lipinski definition) is 0. The summed E-state index contributed by atoms with van der Waals surface area (Å²) in [4.78, 5) is 0. The van der Waals surface area contributed by atoms with E-state index in [0.29, 0.717) is 23.7 Å². The molecule has 0 nitrogen and oxygen atoms in total. The van der Waals surface area contributed by atoms with Crippen molar-refractivity contribution in [3.63, 3.8) is 0 Å². The Labute approximate surface area is 299 Å². The predicted molar refractivity (Wildman–Crippen MR) is 205 cm³/mol. The van der Waals surface area contributed by atoms with E-state index in [9.17, 15) is 0 Å². The maximum Gasteiger partial charge on any atom is 4.00 e. The van der Waals surface area contributed by atoms with Crippen LogP contribution >= 0.6 is 0 Å². The third-order valence-electron chi connectivity index (χ3n) is 8.33. The van der Waals surface area contributed by atoms with Gasteiger partial charge < -0.3 is 14.9 Å². The standard InChI is InChI=1S/2C17H23.C7H8Si.2CH3.Hf/c2*1-6-13-7-15-9-14(11(2)3)10-16(12(4)5)17(15)8-13;1-8-7-5-3-2-4-6-7;;;/h2*7-12H,6H2,1-5H3;2-6H,1H3;2*1H3;/q2*-1;;2*-1;+4. The third-order valence-corrected chi connectivity index (χ3v) is 9.24. The van der Waals surface area contributed by atoms with Crippen LogP contribution in [0.15, 0.2) is 78.9 Å². The van der Waals surface area contributed by atoms with Gasteiger partial charge in [0, 0.05) is 0 Å². The zero-order chi connectivity index (χ0) is 31.0. The molecule has 0 heterocycles. The quantitative estimate of drug-likeness (QED) is 0.114. The van der Waals surface area contributed by atoms with E-state index in [-0.39, 0.29) is 40.7 Å². The van der Waals surface area contributed by atoms with Crippen LogP contribution in [-0.2, 0) is 38.7 Å². The number of hydrogen-bond acceptors (Lipinski definition) is 0. The first-order chi connectivity index (χ1) is 20.0. The summed E-state index contributed by atoms with van der Waals surface area (Å²) in [6.07, 6.45) is 2.26. The Balaban J connectivity index is 0.000000661. The van der Waals surface area contributed by atoms with Crippen molar-refractivity contribution in [2.24, 2.45) is 0 Å². The molecule has 5 aromatic carbocycles. The van der Waals surface area contributed by atoms with Crippen LogP contribution in [-0.4, -0.2) is 9.52 Å². The van der Waals surface area contributed by atoms with Crippen LogP contribution in [0.5, 0.6) is 0 Å². The molecule has 0 atom stereocenters. The van der Waals surface area contributed by atoms with E-state index in [2.05, 4.69) is 149 Å². The van der Waals surface area contributed by atoms with Crippen molar-refractivity contribution in [2.45, 2.75) is 112 Å². The third kappa shape index (κ3) is 11.6. The molecule has 0 N–H and O–H groups in total. The molecule has 5 aromatic rings.